The Hall–Kier alpha value is -3.07. The molecule has 0 fully saturated rings. The average Bonchev–Trinajstić information content (AvgIpc) is 2.77. The third-order valence-electron chi connectivity index (χ3n) is 4.72. The van der Waals surface area contributed by atoms with Crippen molar-refractivity contribution in [1.82, 2.24) is 0 Å². The zero-order chi connectivity index (χ0) is 25.0. The van der Waals surface area contributed by atoms with Crippen molar-refractivity contribution < 1.29 is 37.3 Å². The molecule has 6 nitrogen and oxygen atoms in total. The van der Waals surface area contributed by atoms with Gasteiger partial charge in [0.25, 0.3) is 0 Å². The van der Waals surface area contributed by atoms with Crippen LogP contribution in [0.2, 0.25) is 0 Å². The lowest BCUT2D eigenvalue weighted by molar-refractivity contribution is -0.192. The zero-order valence-electron chi connectivity index (χ0n) is 18.8. The molecule has 0 unspecified atom stereocenters. The fourth-order valence-electron chi connectivity index (χ4n) is 3.00. The van der Waals surface area contributed by atoms with Crippen LogP contribution in [0.1, 0.15) is 32.8 Å². The number of nitrogens with two attached hydrogens (primary N) is 1. The Labute approximate surface area is 191 Å². The number of benzene rings is 2. The first-order chi connectivity index (χ1) is 15.5. The first-order valence-electron chi connectivity index (χ1n) is 10.5. The number of para-hydroxylation sites is 1. The highest BCUT2D eigenvalue weighted by Crippen LogP contribution is 2.25. The molecule has 0 saturated heterocycles. The highest BCUT2D eigenvalue weighted by atomic mass is 19.4. The molecule has 9 heteroatoms. The van der Waals surface area contributed by atoms with E-state index in [1.807, 2.05) is 55.5 Å². The number of hydrogen-bond donors (Lipinski definition) is 2. The van der Waals surface area contributed by atoms with E-state index in [4.69, 9.17) is 25.1 Å². The maximum absolute atomic E-state index is 12.0. The Balaban J connectivity index is 0.000000675. The summed E-state index contributed by atoms with van der Waals surface area (Å²) in [6, 6.07) is 19.3. The minimum Gasteiger partial charge on any atom is -0.486 e. The van der Waals surface area contributed by atoms with E-state index in [-0.39, 0.29) is 12.0 Å². The van der Waals surface area contributed by atoms with Crippen LogP contribution < -0.4 is 10.5 Å². The summed E-state index contributed by atoms with van der Waals surface area (Å²) < 4.78 is 43.6. The molecule has 0 aliphatic rings. The van der Waals surface area contributed by atoms with E-state index in [1.54, 1.807) is 6.92 Å². The van der Waals surface area contributed by atoms with Crippen molar-refractivity contribution >= 4 is 11.9 Å². The second-order valence-electron chi connectivity index (χ2n) is 7.49. The Kier molecular flexibility index (Phi) is 11.4. The van der Waals surface area contributed by atoms with E-state index >= 15 is 0 Å². The summed E-state index contributed by atoms with van der Waals surface area (Å²) in [6.07, 6.45) is -3.98. The van der Waals surface area contributed by atoms with Crippen molar-refractivity contribution in [3.63, 3.8) is 0 Å². The predicted molar refractivity (Wildman–Crippen MR) is 118 cm³/mol. The van der Waals surface area contributed by atoms with Crippen molar-refractivity contribution in [3.05, 3.63) is 66.2 Å². The van der Waals surface area contributed by atoms with Crippen LogP contribution in [0.25, 0.3) is 0 Å². The van der Waals surface area contributed by atoms with Gasteiger partial charge in [0, 0.05) is 5.92 Å². The van der Waals surface area contributed by atoms with E-state index < -0.39 is 30.3 Å². The normalized spacial score (nSPS) is 14.6. The smallest absolute Gasteiger partial charge is 0.486 e. The summed E-state index contributed by atoms with van der Waals surface area (Å²) >= 11 is 0. The lowest BCUT2D eigenvalue weighted by atomic mass is 9.89. The Morgan fingerprint density at radius 1 is 1.00 bits per heavy atom. The molecule has 2 aromatic rings. The van der Waals surface area contributed by atoms with Gasteiger partial charge in [-0.25, -0.2) is 4.79 Å². The molecule has 2 aromatic carbocycles. The average molecular weight is 470 g/mol. The summed E-state index contributed by atoms with van der Waals surface area (Å²) in [5.41, 5.74) is 6.90. The SMILES string of the molecule is CC[C@@H](Cc1ccccc1)[C@H](Oc1ccccc1)[C@H](C)OC(=O)[C@H](C)N.O=C(O)C(F)(F)F. The number of halogens is 3. The molecule has 182 valence electrons. The molecule has 0 spiro atoms. The van der Waals surface area contributed by atoms with Crippen LogP contribution in [0, 0.1) is 5.92 Å². The van der Waals surface area contributed by atoms with Crippen LogP contribution in [-0.4, -0.2) is 41.5 Å². The molecule has 0 aliphatic carbocycles. The van der Waals surface area contributed by atoms with Crippen molar-refractivity contribution in [2.75, 3.05) is 0 Å². The minimum atomic E-state index is -5.08. The lowest BCUT2D eigenvalue weighted by Crippen LogP contribution is -2.43. The van der Waals surface area contributed by atoms with Crippen molar-refractivity contribution in [3.8, 4) is 5.75 Å². The highest BCUT2D eigenvalue weighted by Gasteiger charge is 2.38. The summed E-state index contributed by atoms with van der Waals surface area (Å²) in [4.78, 5) is 20.9. The third-order valence-corrected chi connectivity index (χ3v) is 4.72. The van der Waals surface area contributed by atoms with Crippen LogP contribution in [-0.2, 0) is 20.7 Å². The number of carbonyl (C=O) groups is 2. The lowest BCUT2D eigenvalue weighted by Gasteiger charge is -2.32. The molecule has 2 rings (SSSR count). The number of alkyl halides is 3. The molecular formula is C24H30F3NO5. The molecule has 33 heavy (non-hydrogen) atoms. The standard InChI is InChI=1S/C22H29NO3.C2HF3O2/c1-4-19(15-18-11-7-5-8-12-18)21(17(3)25-22(24)16(2)23)26-20-13-9-6-10-14-20;3-2(4,5)1(6)7/h5-14,16-17,19,21H,4,15,23H2,1-3H3;(H,6,7)/t16-,17-,19-,21+;/m0./s1. The maximum atomic E-state index is 12.0. The van der Waals surface area contributed by atoms with Crippen LogP contribution in [0.4, 0.5) is 13.2 Å². The monoisotopic (exact) mass is 469 g/mol. The molecule has 0 saturated carbocycles. The van der Waals surface area contributed by atoms with Gasteiger partial charge < -0.3 is 20.3 Å². The molecule has 0 bridgehead atoms. The summed E-state index contributed by atoms with van der Waals surface area (Å²) in [6.45, 7) is 5.64. The van der Waals surface area contributed by atoms with Gasteiger partial charge in [-0.1, -0.05) is 55.5 Å². The molecule has 0 aliphatic heterocycles. The number of aliphatic carboxylic acids is 1. The topological polar surface area (TPSA) is 98.9 Å². The molecule has 0 heterocycles. The van der Waals surface area contributed by atoms with Gasteiger partial charge in [0.2, 0.25) is 0 Å². The molecular weight excluding hydrogens is 439 g/mol. The molecule has 0 amide bonds. The number of rotatable bonds is 9. The number of hydrogen-bond acceptors (Lipinski definition) is 5. The van der Waals surface area contributed by atoms with Gasteiger partial charge in [0.15, 0.2) is 0 Å². The largest absolute Gasteiger partial charge is 0.490 e. The van der Waals surface area contributed by atoms with Crippen molar-refractivity contribution in [1.29, 1.82) is 0 Å². The quantitative estimate of drug-likeness (QED) is 0.520. The van der Waals surface area contributed by atoms with Crippen molar-refractivity contribution in [2.45, 2.75) is 58.0 Å². The fourth-order valence-corrected chi connectivity index (χ4v) is 3.00. The van der Waals surface area contributed by atoms with E-state index in [2.05, 4.69) is 19.1 Å². The number of carbonyl (C=O) groups excluding carboxylic acids is 1. The number of ether oxygens (including phenoxy) is 2. The van der Waals surface area contributed by atoms with Crippen LogP contribution in [0.15, 0.2) is 60.7 Å². The van der Waals surface area contributed by atoms with E-state index in [9.17, 15) is 18.0 Å². The van der Waals surface area contributed by atoms with Gasteiger partial charge in [0.1, 0.15) is 24.0 Å². The van der Waals surface area contributed by atoms with Crippen LogP contribution >= 0.6 is 0 Å². The first kappa shape index (κ1) is 28.0. The number of esters is 1. The van der Waals surface area contributed by atoms with Gasteiger partial charge in [0.05, 0.1) is 0 Å². The summed E-state index contributed by atoms with van der Waals surface area (Å²) in [5.74, 6) is -2.19. The number of carboxylic acids is 1. The Bertz CT molecular complexity index is 844. The van der Waals surface area contributed by atoms with Crippen molar-refractivity contribution in [2.24, 2.45) is 11.7 Å². The Morgan fingerprint density at radius 2 is 1.48 bits per heavy atom. The highest BCUT2D eigenvalue weighted by molar-refractivity contribution is 5.75. The second-order valence-corrected chi connectivity index (χ2v) is 7.49. The molecule has 0 aromatic heterocycles. The molecule has 4 atom stereocenters. The zero-order valence-corrected chi connectivity index (χ0v) is 18.8. The predicted octanol–water partition coefficient (Wildman–Crippen LogP) is 4.62. The van der Waals surface area contributed by atoms with E-state index in [0.29, 0.717) is 0 Å². The van der Waals surface area contributed by atoms with Gasteiger partial charge in [-0.15, -0.1) is 0 Å². The van der Waals surface area contributed by atoms with E-state index in [0.717, 1.165) is 18.6 Å². The molecule has 0 radical (unpaired) electrons. The summed E-state index contributed by atoms with van der Waals surface area (Å²) in [5, 5.41) is 7.12. The third kappa shape index (κ3) is 10.4. The Morgan fingerprint density at radius 3 is 1.91 bits per heavy atom. The second kappa shape index (κ2) is 13.5. The maximum Gasteiger partial charge on any atom is 0.490 e. The minimum absolute atomic E-state index is 0.202. The first-order valence-corrected chi connectivity index (χ1v) is 10.5. The van der Waals surface area contributed by atoms with E-state index in [1.165, 1.54) is 5.56 Å². The van der Waals surface area contributed by atoms with Crippen LogP contribution in [0.3, 0.4) is 0 Å². The van der Waals surface area contributed by atoms with Gasteiger partial charge in [-0.3, -0.25) is 4.79 Å². The van der Waals surface area contributed by atoms with Gasteiger partial charge in [-0.05, 0) is 44.4 Å². The number of carboxylic acid groups (broad SMARTS) is 1. The fraction of sp³-hybridized carbons (Fsp3) is 0.417. The summed E-state index contributed by atoms with van der Waals surface area (Å²) in [7, 11) is 0. The van der Waals surface area contributed by atoms with Gasteiger partial charge in [-0.2, -0.15) is 13.2 Å². The van der Waals surface area contributed by atoms with Gasteiger partial charge >= 0.3 is 18.1 Å². The van der Waals surface area contributed by atoms with Crippen LogP contribution in [0.5, 0.6) is 5.75 Å². The molecule has 3 N–H and O–H groups in total.